The summed E-state index contributed by atoms with van der Waals surface area (Å²) in [7, 11) is 0. The van der Waals surface area contributed by atoms with Crippen LogP contribution in [0.4, 0.5) is 14.5 Å². The highest BCUT2D eigenvalue weighted by molar-refractivity contribution is 9.10. The van der Waals surface area contributed by atoms with Gasteiger partial charge in [0.05, 0.1) is 10.2 Å². The lowest BCUT2D eigenvalue weighted by molar-refractivity contribution is 0.618. The summed E-state index contributed by atoms with van der Waals surface area (Å²) >= 11 is 3.07. The Hall–Kier alpha value is -2.35. The molecule has 21 heavy (non-hydrogen) atoms. The Morgan fingerprint density at radius 3 is 2.62 bits per heavy atom. The number of anilines is 1. The molecular formula is C13H8BrF2N5. The van der Waals surface area contributed by atoms with Crippen LogP contribution in [-0.2, 0) is 0 Å². The molecule has 0 aliphatic carbocycles. The molecule has 0 unspecified atom stereocenters. The smallest absolute Gasteiger partial charge is 0.187 e. The van der Waals surface area contributed by atoms with Crippen LogP contribution < -0.4 is 5.73 Å². The van der Waals surface area contributed by atoms with E-state index in [0.29, 0.717) is 15.7 Å². The molecule has 2 aromatic carbocycles. The topological polar surface area (TPSA) is 69.6 Å². The average Bonchev–Trinajstić information content (AvgIpc) is 2.90. The number of rotatable bonds is 2. The van der Waals surface area contributed by atoms with Gasteiger partial charge in [-0.1, -0.05) is 0 Å². The van der Waals surface area contributed by atoms with E-state index in [-0.39, 0.29) is 11.5 Å². The minimum Gasteiger partial charge on any atom is -0.399 e. The summed E-state index contributed by atoms with van der Waals surface area (Å²) in [4.78, 5) is 0. The van der Waals surface area contributed by atoms with E-state index in [1.54, 1.807) is 12.1 Å². The van der Waals surface area contributed by atoms with Crippen molar-refractivity contribution in [3.8, 4) is 17.1 Å². The van der Waals surface area contributed by atoms with Crippen molar-refractivity contribution in [1.82, 2.24) is 20.2 Å². The molecule has 0 saturated carbocycles. The van der Waals surface area contributed by atoms with Crippen molar-refractivity contribution in [3.05, 3.63) is 52.5 Å². The predicted molar refractivity (Wildman–Crippen MR) is 76.6 cm³/mol. The third-order valence-electron chi connectivity index (χ3n) is 2.80. The number of hydrogen-bond donors (Lipinski definition) is 1. The number of nitrogen functional groups attached to an aromatic ring is 1. The first kappa shape index (κ1) is 13.6. The Bertz CT molecular complexity index is 798. The van der Waals surface area contributed by atoms with Crippen LogP contribution in [0.5, 0.6) is 0 Å². The van der Waals surface area contributed by atoms with E-state index in [1.165, 1.54) is 28.9 Å². The van der Waals surface area contributed by atoms with Crippen LogP contribution in [-0.4, -0.2) is 20.2 Å². The molecule has 1 heterocycles. The third-order valence-corrected chi connectivity index (χ3v) is 3.44. The number of hydrogen-bond acceptors (Lipinski definition) is 4. The number of nitrogens with zero attached hydrogens (tertiary/aromatic N) is 4. The summed E-state index contributed by atoms with van der Waals surface area (Å²) in [6, 6.07) is 8.43. The maximum atomic E-state index is 13.6. The van der Waals surface area contributed by atoms with E-state index in [4.69, 9.17) is 5.73 Å². The van der Waals surface area contributed by atoms with Gasteiger partial charge in [-0.25, -0.2) is 8.78 Å². The van der Waals surface area contributed by atoms with Gasteiger partial charge < -0.3 is 5.73 Å². The van der Waals surface area contributed by atoms with Crippen molar-refractivity contribution >= 4 is 21.6 Å². The molecule has 2 N–H and O–H groups in total. The third kappa shape index (κ3) is 2.62. The zero-order valence-electron chi connectivity index (χ0n) is 10.5. The fraction of sp³-hybridized carbons (Fsp3) is 0. The highest BCUT2D eigenvalue weighted by Crippen LogP contribution is 2.24. The van der Waals surface area contributed by atoms with Crippen molar-refractivity contribution in [2.24, 2.45) is 0 Å². The standard InChI is InChI=1S/C13H8BrF2N5/c14-11-2-1-10(6-12(11)16)21-13(18-19-20-21)7-3-8(15)5-9(17)4-7/h1-6H,17H2. The Kier molecular flexibility index (Phi) is 3.38. The van der Waals surface area contributed by atoms with Gasteiger partial charge in [0.25, 0.3) is 0 Å². The van der Waals surface area contributed by atoms with Crippen molar-refractivity contribution < 1.29 is 8.78 Å². The molecule has 3 rings (SSSR count). The molecule has 0 aliphatic heterocycles. The van der Waals surface area contributed by atoms with Gasteiger partial charge in [-0.2, -0.15) is 4.68 Å². The highest BCUT2D eigenvalue weighted by atomic mass is 79.9. The molecule has 0 bridgehead atoms. The van der Waals surface area contributed by atoms with Crippen LogP contribution in [0, 0.1) is 11.6 Å². The van der Waals surface area contributed by atoms with Crippen LogP contribution >= 0.6 is 15.9 Å². The summed E-state index contributed by atoms with van der Waals surface area (Å²) in [5.74, 6) is -0.683. The molecule has 3 aromatic rings. The molecule has 106 valence electrons. The van der Waals surface area contributed by atoms with Crippen LogP contribution in [0.2, 0.25) is 0 Å². The molecular weight excluding hydrogens is 344 g/mol. The van der Waals surface area contributed by atoms with Gasteiger partial charge in [-0.3, -0.25) is 0 Å². The van der Waals surface area contributed by atoms with E-state index in [9.17, 15) is 8.78 Å². The first-order valence-corrected chi connectivity index (χ1v) is 6.64. The fourth-order valence-corrected chi connectivity index (χ4v) is 2.15. The Morgan fingerprint density at radius 2 is 1.90 bits per heavy atom. The fourth-order valence-electron chi connectivity index (χ4n) is 1.90. The van der Waals surface area contributed by atoms with Crippen LogP contribution in [0.3, 0.4) is 0 Å². The zero-order chi connectivity index (χ0) is 15.0. The molecule has 5 nitrogen and oxygen atoms in total. The van der Waals surface area contributed by atoms with Crippen LogP contribution in [0.1, 0.15) is 0 Å². The zero-order valence-corrected chi connectivity index (χ0v) is 12.1. The van der Waals surface area contributed by atoms with E-state index >= 15 is 0 Å². The molecule has 8 heteroatoms. The normalized spacial score (nSPS) is 10.8. The van der Waals surface area contributed by atoms with Gasteiger partial charge in [-0.15, -0.1) is 5.10 Å². The second-order valence-corrected chi connectivity index (χ2v) is 5.14. The van der Waals surface area contributed by atoms with Crippen molar-refractivity contribution in [2.45, 2.75) is 0 Å². The van der Waals surface area contributed by atoms with Gasteiger partial charge in [0, 0.05) is 17.3 Å². The Morgan fingerprint density at radius 1 is 1.10 bits per heavy atom. The minimum atomic E-state index is -0.499. The summed E-state index contributed by atoms with van der Waals surface area (Å²) in [6.45, 7) is 0. The average molecular weight is 352 g/mol. The van der Waals surface area contributed by atoms with E-state index in [0.717, 1.165) is 0 Å². The monoisotopic (exact) mass is 351 g/mol. The number of nitrogens with two attached hydrogens (primary N) is 1. The number of benzene rings is 2. The van der Waals surface area contributed by atoms with Crippen molar-refractivity contribution in [1.29, 1.82) is 0 Å². The second-order valence-electron chi connectivity index (χ2n) is 4.29. The van der Waals surface area contributed by atoms with E-state index in [1.807, 2.05) is 0 Å². The molecule has 0 radical (unpaired) electrons. The van der Waals surface area contributed by atoms with E-state index < -0.39 is 11.6 Å². The summed E-state index contributed by atoms with van der Waals surface area (Å²) < 4.78 is 28.7. The largest absolute Gasteiger partial charge is 0.399 e. The highest BCUT2D eigenvalue weighted by Gasteiger charge is 2.13. The number of tetrazole rings is 1. The van der Waals surface area contributed by atoms with Gasteiger partial charge in [0.2, 0.25) is 0 Å². The van der Waals surface area contributed by atoms with Gasteiger partial charge >= 0.3 is 0 Å². The lowest BCUT2D eigenvalue weighted by Crippen LogP contribution is -2.01. The summed E-state index contributed by atoms with van der Waals surface area (Å²) in [5.41, 5.74) is 6.68. The first-order chi connectivity index (χ1) is 10.0. The molecule has 0 saturated heterocycles. The van der Waals surface area contributed by atoms with Crippen molar-refractivity contribution in [3.63, 3.8) is 0 Å². The minimum absolute atomic E-state index is 0.251. The van der Waals surface area contributed by atoms with Gasteiger partial charge in [-0.05, 0) is 56.7 Å². The molecule has 0 amide bonds. The van der Waals surface area contributed by atoms with Crippen LogP contribution in [0.25, 0.3) is 17.1 Å². The Labute approximate surface area is 126 Å². The molecule has 0 atom stereocenters. The number of aromatic nitrogens is 4. The summed E-state index contributed by atoms with van der Waals surface area (Å²) in [5, 5.41) is 11.2. The van der Waals surface area contributed by atoms with Gasteiger partial charge in [0.1, 0.15) is 11.6 Å². The maximum absolute atomic E-state index is 13.6. The predicted octanol–water partition coefficient (Wildman–Crippen LogP) is 2.95. The number of halogens is 3. The van der Waals surface area contributed by atoms with Crippen LogP contribution in [0.15, 0.2) is 40.9 Å². The molecule has 0 spiro atoms. The lowest BCUT2D eigenvalue weighted by atomic mass is 10.2. The molecule has 1 aromatic heterocycles. The van der Waals surface area contributed by atoms with E-state index in [2.05, 4.69) is 31.5 Å². The Balaban J connectivity index is 2.14. The molecule has 0 aliphatic rings. The van der Waals surface area contributed by atoms with Gasteiger partial charge in [0.15, 0.2) is 5.82 Å². The maximum Gasteiger partial charge on any atom is 0.187 e. The molecule has 0 fully saturated rings. The first-order valence-electron chi connectivity index (χ1n) is 5.85. The second kappa shape index (κ2) is 5.21. The quantitative estimate of drug-likeness (QED) is 0.720. The van der Waals surface area contributed by atoms with Crippen molar-refractivity contribution in [2.75, 3.05) is 5.73 Å². The SMILES string of the molecule is Nc1cc(F)cc(-c2nnnn2-c2ccc(Br)c(F)c2)c1. The summed E-state index contributed by atoms with van der Waals surface area (Å²) in [6.07, 6.45) is 0. The lowest BCUT2D eigenvalue weighted by Gasteiger charge is -2.06.